The number of rotatable bonds is 4. The summed E-state index contributed by atoms with van der Waals surface area (Å²) in [5.74, 6) is -1.62. The number of benzene rings is 1. The van der Waals surface area contributed by atoms with Gasteiger partial charge in [0.2, 0.25) is 0 Å². The van der Waals surface area contributed by atoms with Gasteiger partial charge in [-0.05, 0) is 51.3 Å². The Labute approximate surface area is 124 Å². The third-order valence-corrected chi connectivity index (χ3v) is 3.28. The van der Waals surface area contributed by atoms with Crippen molar-refractivity contribution in [3.8, 4) is 5.75 Å². The zero-order valence-electron chi connectivity index (χ0n) is 12.8. The zero-order chi connectivity index (χ0) is 15.5. The molecule has 1 atom stereocenters. The highest BCUT2D eigenvalue weighted by Gasteiger charge is 2.21. The van der Waals surface area contributed by atoms with E-state index >= 15 is 0 Å². The second-order valence-electron chi connectivity index (χ2n) is 6.45. The van der Waals surface area contributed by atoms with Gasteiger partial charge in [-0.3, -0.25) is 0 Å². The smallest absolute Gasteiger partial charge is 0.191 e. The monoisotopic (exact) mass is 299 g/mol. The summed E-state index contributed by atoms with van der Waals surface area (Å²) in [6.07, 6.45) is 1.33. The van der Waals surface area contributed by atoms with Crippen molar-refractivity contribution in [2.45, 2.75) is 51.8 Å². The molecule has 1 fully saturated rings. The Balaban J connectivity index is 2.05. The van der Waals surface area contributed by atoms with E-state index in [1.165, 1.54) is 12.1 Å². The van der Waals surface area contributed by atoms with Gasteiger partial charge >= 0.3 is 0 Å². The SMILES string of the molecule is CC(C)(C)NCc1cc(F)c(OC2CCCOC2)c(F)c1. The minimum Gasteiger partial charge on any atom is -0.482 e. The number of hydrogen-bond acceptors (Lipinski definition) is 3. The van der Waals surface area contributed by atoms with E-state index in [0.717, 1.165) is 12.8 Å². The first kappa shape index (κ1) is 16.2. The van der Waals surface area contributed by atoms with E-state index < -0.39 is 11.6 Å². The fourth-order valence-electron chi connectivity index (χ4n) is 2.17. The van der Waals surface area contributed by atoms with Gasteiger partial charge in [-0.15, -0.1) is 0 Å². The molecule has 21 heavy (non-hydrogen) atoms. The maximum Gasteiger partial charge on any atom is 0.191 e. The fraction of sp³-hybridized carbons (Fsp3) is 0.625. The van der Waals surface area contributed by atoms with Crippen LogP contribution in [-0.4, -0.2) is 24.9 Å². The second-order valence-corrected chi connectivity index (χ2v) is 6.45. The average Bonchev–Trinajstić information content (AvgIpc) is 2.41. The van der Waals surface area contributed by atoms with E-state index in [1.807, 2.05) is 20.8 Å². The third kappa shape index (κ3) is 4.93. The molecule has 1 aromatic carbocycles. The van der Waals surface area contributed by atoms with Crippen molar-refractivity contribution in [2.24, 2.45) is 0 Å². The third-order valence-electron chi connectivity index (χ3n) is 3.28. The first-order valence-corrected chi connectivity index (χ1v) is 7.32. The van der Waals surface area contributed by atoms with E-state index in [9.17, 15) is 8.78 Å². The Bertz CT molecular complexity index is 457. The highest BCUT2D eigenvalue weighted by molar-refractivity contribution is 5.31. The Morgan fingerprint density at radius 1 is 1.29 bits per heavy atom. The Morgan fingerprint density at radius 2 is 1.95 bits per heavy atom. The lowest BCUT2D eigenvalue weighted by Gasteiger charge is -2.24. The fourth-order valence-corrected chi connectivity index (χ4v) is 2.17. The van der Waals surface area contributed by atoms with Crippen LogP contribution >= 0.6 is 0 Å². The summed E-state index contributed by atoms with van der Waals surface area (Å²) in [4.78, 5) is 0. The second kappa shape index (κ2) is 6.71. The molecule has 1 unspecified atom stereocenters. The highest BCUT2D eigenvalue weighted by Crippen LogP contribution is 2.26. The van der Waals surface area contributed by atoms with E-state index in [4.69, 9.17) is 9.47 Å². The van der Waals surface area contributed by atoms with Crippen molar-refractivity contribution in [1.82, 2.24) is 5.32 Å². The average molecular weight is 299 g/mol. The van der Waals surface area contributed by atoms with Gasteiger partial charge in [0.05, 0.1) is 6.61 Å². The standard InChI is InChI=1S/C16H23F2NO2/c1-16(2,3)19-9-11-7-13(17)15(14(18)8-11)21-12-5-4-6-20-10-12/h7-8,12,19H,4-6,9-10H2,1-3H3. The molecule has 118 valence electrons. The van der Waals surface area contributed by atoms with Crippen molar-refractivity contribution in [1.29, 1.82) is 0 Å². The molecule has 0 aliphatic carbocycles. The first-order chi connectivity index (χ1) is 9.85. The summed E-state index contributed by atoms with van der Waals surface area (Å²) >= 11 is 0. The van der Waals surface area contributed by atoms with Crippen LogP contribution in [-0.2, 0) is 11.3 Å². The number of halogens is 2. The van der Waals surface area contributed by atoms with Crippen molar-refractivity contribution < 1.29 is 18.3 Å². The first-order valence-electron chi connectivity index (χ1n) is 7.32. The van der Waals surface area contributed by atoms with Gasteiger partial charge < -0.3 is 14.8 Å². The predicted molar refractivity (Wildman–Crippen MR) is 77.4 cm³/mol. The molecule has 1 aromatic rings. The number of ether oxygens (including phenoxy) is 2. The van der Waals surface area contributed by atoms with Crippen LogP contribution in [0.5, 0.6) is 5.75 Å². The van der Waals surface area contributed by atoms with Crippen LogP contribution in [0, 0.1) is 11.6 Å². The predicted octanol–water partition coefficient (Wildman–Crippen LogP) is 3.41. The van der Waals surface area contributed by atoms with Crippen LogP contribution in [0.1, 0.15) is 39.2 Å². The summed E-state index contributed by atoms with van der Waals surface area (Å²) in [5.41, 5.74) is 0.453. The number of hydrogen-bond donors (Lipinski definition) is 1. The minimum absolute atomic E-state index is 0.110. The molecule has 1 heterocycles. The van der Waals surface area contributed by atoms with Crippen LogP contribution in [0.4, 0.5) is 8.78 Å². The topological polar surface area (TPSA) is 30.5 Å². The van der Waals surface area contributed by atoms with Crippen LogP contribution in [0.2, 0.25) is 0 Å². The molecule has 0 bridgehead atoms. The number of nitrogens with one attached hydrogen (secondary N) is 1. The highest BCUT2D eigenvalue weighted by atomic mass is 19.1. The van der Waals surface area contributed by atoms with Gasteiger partial charge in [0.25, 0.3) is 0 Å². The van der Waals surface area contributed by atoms with Gasteiger partial charge in [0.15, 0.2) is 17.4 Å². The van der Waals surface area contributed by atoms with E-state index in [1.54, 1.807) is 0 Å². The molecule has 0 aromatic heterocycles. The Kier molecular flexibility index (Phi) is 5.17. The van der Waals surface area contributed by atoms with Crippen molar-refractivity contribution >= 4 is 0 Å². The molecule has 0 spiro atoms. The van der Waals surface area contributed by atoms with E-state index in [2.05, 4.69) is 5.32 Å². The van der Waals surface area contributed by atoms with Crippen LogP contribution in [0.3, 0.4) is 0 Å². The molecule has 1 aliphatic rings. The van der Waals surface area contributed by atoms with Crippen LogP contribution < -0.4 is 10.1 Å². The molecule has 1 N–H and O–H groups in total. The normalized spacial score (nSPS) is 19.6. The maximum absolute atomic E-state index is 14.1. The molecular weight excluding hydrogens is 276 g/mol. The van der Waals surface area contributed by atoms with Crippen LogP contribution in [0.25, 0.3) is 0 Å². The minimum atomic E-state index is -0.661. The molecule has 1 saturated heterocycles. The Morgan fingerprint density at radius 3 is 2.48 bits per heavy atom. The summed E-state index contributed by atoms with van der Waals surface area (Å²) in [6, 6.07) is 2.64. The molecule has 0 radical (unpaired) electrons. The zero-order valence-corrected chi connectivity index (χ0v) is 12.8. The van der Waals surface area contributed by atoms with Crippen molar-refractivity contribution in [2.75, 3.05) is 13.2 Å². The van der Waals surface area contributed by atoms with E-state index in [0.29, 0.717) is 25.3 Å². The van der Waals surface area contributed by atoms with E-state index in [-0.39, 0.29) is 17.4 Å². The van der Waals surface area contributed by atoms with Crippen molar-refractivity contribution in [3.63, 3.8) is 0 Å². The quantitative estimate of drug-likeness (QED) is 0.924. The van der Waals surface area contributed by atoms with Gasteiger partial charge in [-0.1, -0.05) is 0 Å². The molecule has 1 aliphatic heterocycles. The molecule has 0 amide bonds. The summed E-state index contributed by atoms with van der Waals surface area (Å²) in [7, 11) is 0. The summed E-state index contributed by atoms with van der Waals surface area (Å²) in [5, 5.41) is 3.20. The largest absolute Gasteiger partial charge is 0.482 e. The lowest BCUT2D eigenvalue weighted by molar-refractivity contribution is 0.00418. The molecular formula is C16H23F2NO2. The Hall–Kier alpha value is -1.20. The lowest BCUT2D eigenvalue weighted by Crippen LogP contribution is -2.35. The van der Waals surface area contributed by atoms with Gasteiger partial charge in [0.1, 0.15) is 6.10 Å². The molecule has 3 nitrogen and oxygen atoms in total. The van der Waals surface area contributed by atoms with Gasteiger partial charge in [-0.25, -0.2) is 8.78 Å². The summed E-state index contributed by atoms with van der Waals surface area (Å²) in [6.45, 7) is 7.47. The summed E-state index contributed by atoms with van der Waals surface area (Å²) < 4.78 is 38.8. The molecule has 0 saturated carbocycles. The molecule has 2 rings (SSSR count). The van der Waals surface area contributed by atoms with Gasteiger partial charge in [0, 0.05) is 18.7 Å². The van der Waals surface area contributed by atoms with Crippen molar-refractivity contribution in [3.05, 3.63) is 29.3 Å². The van der Waals surface area contributed by atoms with Gasteiger partial charge in [-0.2, -0.15) is 0 Å². The maximum atomic E-state index is 14.1. The molecule has 5 heteroatoms. The van der Waals surface area contributed by atoms with Crippen LogP contribution in [0.15, 0.2) is 12.1 Å². The lowest BCUT2D eigenvalue weighted by atomic mass is 10.1.